The smallest absolute Gasteiger partial charge is 0.267 e. The molecule has 5 heteroatoms. The minimum Gasteiger partial charge on any atom is -0.267 e. The standard InChI is InChI=1S/C24H18ClN3O/c1-16-6-10-18(11-7-16)23-14-21(20-4-2-3-5-22(20)27-23)24(29)28-26-15-17-8-12-19(25)13-9-17/h2-15H,1H3,(H,28,29)/b26-15-. The zero-order valence-corrected chi connectivity index (χ0v) is 16.5. The van der Waals surface area contributed by atoms with Crippen molar-refractivity contribution in [1.82, 2.24) is 10.4 Å². The first-order chi connectivity index (χ1) is 14.1. The number of aromatic nitrogens is 1. The molecule has 0 spiro atoms. The van der Waals surface area contributed by atoms with Crippen molar-refractivity contribution >= 4 is 34.6 Å². The first-order valence-corrected chi connectivity index (χ1v) is 9.54. The van der Waals surface area contributed by atoms with Crippen molar-refractivity contribution in [2.75, 3.05) is 0 Å². The molecule has 0 aliphatic heterocycles. The van der Waals surface area contributed by atoms with Crippen LogP contribution < -0.4 is 5.43 Å². The topological polar surface area (TPSA) is 54.4 Å². The van der Waals surface area contributed by atoms with Crippen molar-refractivity contribution in [1.29, 1.82) is 0 Å². The molecule has 1 aromatic heterocycles. The molecule has 4 rings (SSSR count). The van der Waals surface area contributed by atoms with Crippen molar-refractivity contribution in [2.24, 2.45) is 5.10 Å². The summed E-state index contributed by atoms with van der Waals surface area (Å²) in [6.45, 7) is 2.04. The van der Waals surface area contributed by atoms with E-state index < -0.39 is 0 Å². The number of pyridine rings is 1. The number of aryl methyl sites for hydroxylation is 1. The summed E-state index contributed by atoms with van der Waals surface area (Å²) in [4.78, 5) is 17.6. The van der Waals surface area contributed by atoms with Crippen LogP contribution in [0.2, 0.25) is 5.02 Å². The van der Waals surface area contributed by atoms with Gasteiger partial charge < -0.3 is 0 Å². The lowest BCUT2D eigenvalue weighted by molar-refractivity contribution is 0.0956. The van der Waals surface area contributed by atoms with Crippen LogP contribution in [-0.4, -0.2) is 17.1 Å². The molecule has 1 heterocycles. The molecule has 0 atom stereocenters. The van der Waals surface area contributed by atoms with E-state index in [9.17, 15) is 4.79 Å². The highest BCUT2D eigenvalue weighted by Crippen LogP contribution is 2.25. The van der Waals surface area contributed by atoms with Gasteiger partial charge in [-0.05, 0) is 36.8 Å². The molecule has 1 amide bonds. The molecule has 0 saturated heterocycles. The maximum absolute atomic E-state index is 12.9. The molecule has 0 bridgehead atoms. The van der Waals surface area contributed by atoms with Gasteiger partial charge in [-0.15, -0.1) is 0 Å². The third kappa shape index (κ3) is 4.33. The Morgan fingerprint density at radius 1 is 1.00 bits per heavy atom. The Morgan fingerprint density at radius 3 is 2.48 bits per heavy atom. The van der Waals surface area contributed by atoms with Gasteiger partial charge in [0.15, 0.2) is 0 Å². The highest BCUT2D eigenvalue weighted by molar-refractivity contribution is 6.30. The largest absolute Gasteiger partial charge is 0.272 e. The third-order valence-electron chi connectivity index (χ3n) is 4.56. The van der Waals surface area contributed by atoms with E-state index in [1.807, 2.05) is 67.6 Å². The summed E-state index contributed by atoms with van der Waals surface area (Å²) in [5, 5.41) is 5.51. The van der Waals surface area contributed by atoms with E-state index in [0.29, 0.717) is 10.6 Å². The summed E-state index contributed by atoms with van der Waals surface area (Å²) in [6, 6.07) is 24.7. The molecule has 0 fully saturated rings. The average molecular weight is 400 g/mol. The van der Waals surface area contributed by atoms with E-state index >= 15 is 0 Å². The SMILES string of the molecule is Cc1ccc(-c2cc(C(=O)N/N=C\c3ccc(Cl)cc3)c3ccccc3n2)cc1. The monoisotopic (exact) mass is 399 g/mol. The zero-order valence-electron chi connectivity index (χ0n) is 15.8. The van der Waals surface area contributed by atoms with Gasteiger partial charge in [-0.1, -0.05) is 71.8 Å². The fraction of sp³-hybridized carbons (Fsp3) is 0.0417. The average Bonchev–Trinajstić information content (AvgIpc) is 2.75. The van der Waals surface area contributed by atoms with E-state index in [4.69, 9.17) is 16.6 Å². The zero-order chi connectivity index (χ0) is 20.2. The van der Waals surface area contributed by atoms with Crippen molar-refractivity contribution in [3.63, 3.8) is 0 Å². The predicted octanol–water partition coefficient (Wildman–Crippen LogP) is 5.63. The molecular weight excluding hydrogens is 382 g/mol. The Kier molecular flexibility index (Phi) is 5.36. The van der Waals surface area contributed by atoms with Gasteiger partial charge in [-0.25, -0.2) is 10.4 Å². The fourth-order valence-corrected chi connectivity index (χ4v) is 3.14. The lowest BCUT2D eigenvalue weighted by Crippen LogP contribution is -2.18. The van der Waals surface area contributed by atoms with Crippen LogP contribution in [0.25, 0.3) is 22.2 Å². The summed E-state index contributed by atoms with van der Waals surface area (Å²) < 4.78 is 0. The van der Waals surface area contributed by atoms with Gasteiger partial charge in [-0.2, -0.15) is 5.10 Å². The Morgan fingerprint density at radius 2 is 1.72 bits per heavy atom. The number of amides is 1. The Hall–Kier alpha value is -3.50. The number of nitrogens with zero attached hydrogens (tertiary/aromatic N) is 2. The number of carbonyl (C=O) groups excluding carboxylic acids is 1. The quantitative estimate of drug-likeness (QED) is 0.357. The van der Waals surface area contributed by atoms with Gasteiger partial charge in [0.05, 0.1) is 23.0 Å². The second kappa shape index (κ2) is 8.25. The number of benzene rings is 3. The van der Waals surface area contributed by atoms with Crippen LogP contribution in [0.3, 0.4) is 0 Å². The Labute approximate surface area is 173 Å². The summed E-state index contributed by atoms with van der Waals surface area (Å²) in [7, 11) is 0. The number of carbonyl (C=O) groups is 1. The number of para-hydroxylation sites is 1. The molecule has 3 aromatic carbocycles. The van der Waals surface area contributed by atoms with Gasteiger partial charge in [-0.3, -0.25) is 4.79 Å². The highest BCUT2D eigenvalue weighted by atomic mass is 35.5. The lowest BCUT2D eigenvalue weighted by Gasteiger charge is -2.09. The number of hydrazone groups is 1. The molecule has 4 nitrogen and oxygen atoms in total. The Balaban J connectivity index is 1.67. The highest BCUT2D eigenvalue weighted by Gasteiger charge is 2.13. The van der Waals surface area contributed by atoms with Crippen LogP contribution in [0.1, 0.15) is 21.5 Å². The van der Waals surface area contributed by atoms with E-state index in [1.54, 1.807) is 24.4 Å². The molecule has 29 heavy (non-hydrogen) atoms. The van der Waals surface area contributed by atoms with Crippen LogP contribution >= 0.6 is 11.6 Å². The fourth-order valence-electron chi connectivity index (χ4n) is 3.01. The van der Waals surface area contributed by atoms with E-state index in [-0.39, 0.29) is 5.91 Å². The van der Waals surface area contributed by atoms with Gasteiger partial charge in [0.2, 0.25) is 0 Å². The lowest BCUT2D eigenvalue weighted by atomic mass is 10.0. The summed E-state index contributed by atoms with van der Waals surface area (Å²) in [6.07, 6.45) is 1.58. The molecule has 142 valence electrons. The van der Waals surface area contributed by atoms with Crippen molar-refractivity contribution in [2.45, 2.75) is 6.92 Å². The second-order valence-corrected chi connectivity index (χ2v) is 7.13. The molecule has 4 aromatic rings. The molecular formula is C24H18ClN3O. The maximum atomic E-state index is 12.9. The molecule has 0 radical (unpaired) electrons. The van der Waals surface area contributed by atoms with Gasteiger partial charge in [0.1, 0.15) is 0 Å². The first-order valence-electron chi connectivity index (χ1n) is 9.16. The van der Waals surface area contributed by atoms with E-state index in [2.05, 4.69) is 10.5 Å². The third-order valence-corrected chi connectivity index (χ3v) is 4.81. The molecule has 0 aliphatic rings. The maximum Gasteiger partial charge on any atom is 0.272 e. The number of fused-ring (bicyclic) bond motifs is 1. The number of rotatable bonds is 4. The molecule has 0 aliphatic carbocycles. The van der Waals surface area contributed by atoms with Crippen molar-refractivity contribution < 1.29 is 4.79 Å². The minimum atomic E-state index is -0.290. The normalized spacial score (nSPS) is 11.1. The van der Waals surface area contributed by atoms with Crippen molar-refractivity contribution in [3.05, 3.63) is 101 Å². The number of hydrogen-bond donors (Lipinski definition) is 1. The first kappa shape index (κ1) is 18.8. The van der Waals surface area contributed by atoms with Crippen LogP contribution in [0.15, 0.2) is 84.0 Å². The summed E-state index contributed by atoms with van der Waals surface area (Å²) >= 11 is 5.89. The van der Waals surface area contributed by atoms with Crippen LogP contribution in [0, 0.1) is 6.92 Å². The summed E-state index contributed by atoms with van der Waals surface area (Å²) in [5.74, 6) is -0.290. The second-order valence-electron chi connectivity index (χ2n) is 6.69. The van der Waals surface area contributed by atoms with Crippen LogP contribution in [-0.2, 0) is 0 Å². The van der Waals surface area contributed by atoms with Crippen molar-refractivity contribution in [3.8, 4) is 11.3 Å². The Bertz CT molecular complexity index is 1200. The minimum absolute atomic E-state index is 0.290. The van der Waals surface area contributed by atoms with Gasteiger partial charge in [0, 0.05) is 16.0 Å². The molecule has 0 saturated carbocycles. The predicted molar refractivity (Wildman–Crippen MR) is 118 cm³/mol. The molecule has 1 N–H and O–H groups in total. The summed E-state index contributed by atoms with van der Waals surface area (Å²) in [5.41, 5.74) is 7.62. The van der Waals surface area contributed by atoms with E-state index in [1.165, 1.54) is 5.56 Å². The van der Waals surface area contributed by atoms with Crippen LogP contribution in [0.4, 0.5) is 0 Å². The van der Waals surface area contributed by atoms with Gasteiger partial charge in [0.25, 0.3) is 5.91 Å². The number of halogens is 1. The van der Waals surface area contributed by atoms with Crippen LogP contribution in [0.5, 0.6) is 0 Å². The van der Waals surface area contributed by atoms with E-state index in [0.717, 1.165) is 27.7 Å². The molecule has 0 unspecified atom stereocenters. The number of hydrogen-bond acceptors (Lipinski definition) is 3. The number of nitrogens with one attached hydrogen (secondary N) is 1. The van der Waals surface area contributed by atoms with Gasteiger partial charge >= 0.3 is 0 Å².